The molecule has 0 aliphatic carbocycles. The quantitative estimate of drug-likeness (QED) is 0.568. The summed E-state index contributed by atoms with van der Waals surface area (Å²) in [6.07, 6.45) is 2.05. The fourth-order valence-electron chi connectivity index (χ4n) is 4.03. The second-order valence-electron chi connectivity index (χ2n) is 7.88. The van der Waals surface area contributed by atoms with Crippen LogP contribution in [-0.2, 0) is 6.18 Å². The van der Waals surface area contributed by atoms with Crippen molar-refractivity contribution >= 4 is 23.0 Å². The summed E-state index contributed by atoms with van der Waals surface area (Å²) in [6.45, 7) is 1.46. The Hall–Kier alpha value is -3.36. The van der Waals surface area contributed by atoms with E-state index in [2.05, 4.69) is 10.3 Å². The first kappa shape index (κ1) is 21.9. The molecular formula is C23H24F3N5O. The predicted molar refractivity (Wildman–Crippen MR) is 116 cm³/mol. The van der Waals surface area contributed by atoms with Gasteiger partial charge in [-0.2, -0.15) is 13.2 Å². The summed E-state index contributed by atoms with van der Waals surface area (Å²) >= 11 is 0. The molecule has 1 aliphatic rings. The van der Waals surface area contributed by atoms with Crippen molar-refractivity contribution in [3.8, 4) is 0 Å². The minimum atomic E-state index is -4.50. The molecule has 4 rings (SSSR count). The molecule has 0 saturated carbocycles. The molecule has 9 heteroatoms. The first-order valence-electron chi connectivity index (χ1n) is 10.5. The maximum Gasteiger partial charge on any atom is 0.417 e. The number of likely N-dealkylation sites (tertiary alicyclic amines) is 1. The minimum Gasteiger partial charge on any atom is -0.388 e. The number of anilines is 1. The van der Waals surface area contributed by atoms with Crippen molar-refractivity contribution in [1.82, 2.24) is 14.3 Å². The number of carbonyl (C=O) groups is 1. The summed E-state index contributed by atoms with van der Waals surface area (Å²) in [5.41, 5.74) is 1.28. The van der Waals surface area contributed by atoms with Crippen molar-refractivity contribution in [1.29, 1.82) is 5.41 Å². The Balaban J connectivity index is 1.68. The smallest absolute Gasteiger partial charge is 0.388 e. The number of rotatable bonds is 4. The molecule has 1 fully saturated rings. The second kappa shape index (κ2) is 8.64. The Morgan fingerprint density at radius 2 is 1.81 bits per heavy atom. The molecule has 1 saturated heterocycles. The Morgan fingerprint density at radius 1 is 1.09 bits per heavy atom. The third-order valence-electron chi connectivity index (χ3n) is 5.79. The average molecular weight is 443 g/mol. The van der Waals surface area contributed by atoms with Gasteiger partial charge in [0.05, 0.1) is 23.2 Å². The molecule has 0 spiro atoms. The van der Waals surface area contributed by atoms with Crippen molar-refractivity contribution in [3.63, 3.8) is 0 Å². The van der Waals surface area contributed by atoms with Gasteiger partial charge < -0.3 is 10.2 Å². The minimum absolute atomic E-state index is 0.00921. The SMILES string of the molecule is CNc1cc(C(=O)N2CCCCCC2)ccc1C(=N)c1cnc2ccc(C(F)(F)F)cn12. The average Bonchev–Trinajstić information content (AvgIpc) is 3.01. The lowest BCUT2D eigenvalue weighted by atomic mass is 10.0. The number of carbonyl (C=O) groups excluding carboxylic acids is 1. The number of alkyl halides is 3. The molecule has 6 nitrogen and oxygen atoms in total. The summed E-state index contributed by atoms with van der Waals surface area (Å²) in [5, 5.41) is 11.7. The summed E-state index contributed by atoms with van der Waals surface area (Å²) < 4.78 is 40.8. The molecule has 2 aromatic heterocycles. The van der Waals surface area contributed by atoms with E-state index in [1.807, 2.05) is 4.90 Å². The van der Waals surface area contributed by atoms with E-state index in [4.69, 9.17) is 5.41 Å². The summed E-state index contributed by atoms with van der Waals surface area (Å²) in [5.74, 6) is -0.0499. The fourth-order valence-corrected chi connectivity index (χ4v) is 4.03. The van der Waals surface area contributed by atoms with Crippen LogP contribution in [0.1, 0.15) is 52.9 Å². The zero-order valence-electron chi connectivity index (χ0n) is 17.7. The van der Waals surface area contributed by atoms with E-state index in [0.717, 1.165) is 51.0 Å². The number of benzene rings is 1. The van der Waals surface area contributed by atoms with Crippen molar-refractivity contribution in [2.45, 2.75) is 31.9 Å². The van der Waals surface area contributed by atoms with E-state index in [1.54, 1.807) is 25.2 Å². The standard InChI is InChI=1S/C23H24F3N5O/c1-28-18-12-15(22(32)30-10-4-2-3-5-11-30)6-8-17(18)21(27)19-13-29-20-9-7-16(14-31(19)20)23(24,25)26/h6-9,12-14,27-28H,2-5,10-11H2,1H3. The predicted octanol–water partition coefficient (Wildman–Crippen LogP) is 4.83. The Bertz CT molecular complexity index is 1160. The van der Waals surface area contributed by atoms with E-state index < -0.39 is 11.7 Å². The van der Waals surface area contributed by atoms with Gasteiger partial charge in [-0.1, -0.05) is 12.8 Å². The summed E-state index contributed by atoms with van der Waals surface area (Å²) in [4.78, 5) is 19.0. The number of hydrogen-bond donors (Lipinski definition) is 2. The van der Waals surface area contributed by atoms with E-state index in [9.17, 15) is 18.0 Å². The molecule has 1 aliphatic heterocycles. The Labute approximate surface area is 183 Å². The first-order valence-corrected chi connectivity index (χ1v) is 10.5. The van der Waals surface area contributed by atoms with Gasteiger partial charge in [0.1, 0.15) is 5.65 Å². The van der Waals surface area contributed by atoms with Crippen LogP contribution in [-0.4, -0.2) is 46.0 Å². The van der Waals surface area contributed by atoms with Crippen LogP contribution < -0.4 is 5.32 Å². The lowest BCUT2D eigenvalue weighted by Crippen LogP contribution is -2.31. The molecule has 0 unspecified atom stereocenters. The molecule has 168 valence electrons. The van der Waals surface area contributed by atoms with Crippen LogP contribution >= 0.6 is 0 Å². The lowest BCUT2D eigenvalue weighted by molar-refractivity contribution is -0.137. The number of imidazole rings is 1. The highest BCUT2D eigenvalue weighted by Crippen LogP contribution is 2.30. The van der Waals surface area contributed by atoms with Crippen LogP contribution in [0, 0.1) is 5.41 Å². The molecule has 1 aromatic carbocycles. The molecule has 2 N–H and O–H groups in total. The number of hydrogen-bond acceptors (Lipinski definition) is 4. The first-order chi connectivity index (χ1) is 15.3. The van der Waals surface area contributed by atoms with Crippen LogP contribution in [0.15, 0.2) is 42.7 Å². The second-order valence-corrected chi connectivity index (χ2v) is 7.88. The van der Waals surface area contributed by atoms with Gasteiger partial charge in [0, 0.05) is 43.1 Å². The monoisotopic (exact) mass is 443 g/mol. The normalized spacial score (nSPS) is 14.9. The van der Waals surface area contributed by atoms with E-state index >= 15 is 0 Å². The van der Waals surface area contributed by atoms with Crippen LogP contribution in [0.25, 0.3) is 5.65 Å². The fraction of sp³-hybridized carbons (Fsp3) is 0.348. The highest BCUT2D eigenvalue weighted by molar-refractivity contribution is 6.14. The van der Waals surface area contributed by atoms with Crippen molar-refractivity contribution in [3.05, 3.63) is 65.1 Å². The molecule has 0 radical (unpaired) electrons. The van der Waals surface area contributed by atoms with Crippen molar-refractivity contribution < 1.29 is 18.0 Å². The number of nitrogens with one attached hydrogen (secondary N) is 2. The zero-order valence-corrected chi connectivity index (χ0v) is 17.7. The number of nitrogens with zero attached hydrogens (tertiary/aromatic N) is 3. The van der Waals surface area contributed by atoms with Gasteiger partial charge in [-0.15, -0.1) is 0 Å². The summed E-state index contributed by atoms with van der Waals surface area (Å²) in [7, 11) is 1.68. The molecule has 0 bridgehead atoms. The maximum atomic E-state index is 13.2. The maximum absolute atomic E-state index is 13.2. The molecule has 3 aromatic rings. The van der Waals surface area contributed by atoms with Crippen LogP contribution in [0.3, 0.4) is 0 Å². The van der Waals surface area contributed by atoms with Gasteiger partial charge in [0.15, 0.2) is 0 Å². The largest absolute Gasteiger partial charge is 0.417 e. The van der Waals surface area contributed by atoms with Gasteiger partial charge in [0.2, 0.25) is 0 Å². The van der Waals surface area contributed by atoms with Crippen LogP contribution in [0.5, 0.6) is 0 Å². The molecule has 3 heterocycles. The number of aromatic nitrogens is 2. The third-order valence-corrected chi connectivity index (χ3v) is 5.79. The van der Waals surface area contributed by atoms with Gasteiger partial charge in [-0.05, 0) is 43.2 Å². The molecule has 0 atom stereocenters. The van der Waals surface area contributed by atoms with Crippen molar-refractivity contribution in [2.75, 3.05) is 25.5 Å². The molecule has 32 heavy (non-hydrogen) atoms. The van der Waals surface area contributed by atoms with Crippen LogP contribution in [0.2, 0.25) is 0 Å². The third kappa shape index (κ3) is 4.19. The molecular weight excluding hydrogens is 419 g/mol. The van der Waals surface area contributed by atoms with E-state index in [-0.39, 0.29) is 17.3 Å². The van der Waals surface area contributed by atoms with Gasteiger partial charge in [-0.3, -0.25) is 14.6 Å². The zero-order chi connectivity index (χ0) is 22.9. The van der Waals surface area contributed by atoms with Crippen molar-refractivity contribution in [2.24, 2.45) is 0 Å². The van der Waals surface area contributed by atoms with E-state index in [0.29, 0.717) is 22.5 Å². The van der Waals surface area contributed by atoms with Gasteiger partial charge in [0.25, 0.3) is 5.91 Å². The van der Waals surface area contributed by atoms with Gasteiger partial charge in [-0.25, -0.2) is 4.98 Å². The number of pyridine rings is 1. The highest BCUT2D eigenvalue weighted by atomic mass is 19.4. The topological polar surface area (TPSA) is 73.5 Å². The van der Waals surface area contributed by atoms with Gasteiger partial charge >= 0.3 is 6.18 Å². The lowest BCUT2D eigenvalue weighted by Gasteiger charge is -2.21. The highest BCUT2D eigenvalue weighted by Gasteiger charge is 2.31. The number of fused-ring (bicyclic) bond motifs is 1. The Morgan fingerprint density at radius 3 is 2.47 bits per heavy atom. The number of halogens is 3. The molecule has 1 amide bonds. The Kier molecular flexibility index (Phi) is 5.90. The van der Waals surface area contributed by atoms with Crippen LogP contribution in [0.4, 0.5) is 18.9 Å². The number of amides is 1. The van der Waals surface area contributed by atoms with E-state index in [1.165, 1.54) is 16.7 Å². The summed E-state index contributed by atoms with van der Waals surface area (Å²) in [6, 6.07) is 7.27.